The van der Waals surface area contributed by atoms with E-state index in [0.717, 1.165) is 49.8 Å². The summed E-state index contributed by atoms with van der Waals surface area (Å²) in [6, 6.07) is 8.01. The number of carbonyl (C=O) groups is 1. The van der Waals surface area contributed by atoms with Crippen LogP contribution in [0.1, 0.15) is 50.5 Å². The molecule has 3 heteroatoms. The fourth-order valence-electron chi connectivity index (χ4n) is 3.58. The second-order valence-electron chi connectivity index (χ2n) is 6.39. The van der Waals surface area contributed by atoms with Crippen LogP contribution in [0.4, 0.5) is 5.69 Å². The smallest absolute Gasteiger partial charge is 0.227 e. The summed E-state index contributed by atoms with van der Waals surface area (Å²) in [6.45, 7) is 0. The van der Waals surface area contributed by atoms with Gasteiger partial charge in [-0.1, -0.05) is 12.1 Å². The number of benzene rings is 1. The third-order valence-corrected chi connectivity index (χ3v) is 5.20. The summed E-state index contributed by atoms with van der Waals surface area (Å²) in [5, 5.41) is 10.3. The standard InChI is InChI=1S/C16H19NO2/c18-14-6-9-15(10-11-15)17(14)13-4-2-12(3-5-13)16(19)7-1-8-16/h2-5,19H,1,6-11H2. The molecule has 1 aromatic rings. The number of anilines is 1. The van der Waals surface area contributed by atoms with Gasteiger partial charge in [-0.25, -0.2) is 0 Å². The Labute approximate surface area is 113 Å². The van der Waals surface area contributed by atoms with Crippen molar-refractivity contribution < 1.29 is 9.90 Å². The Morgan fingerprint density at radius 1 is 1.00 bits per heavy atom. The SMILES string of the molecule is O=C1CCC2(CC2)N1c1ccc(C2(O)CCC2)cc1. The van der Waals surface area contributed by atoms with Crippen LogP contribution in [-0.2, 0) is 10.4 Å². The highest BCUT2D eigenvalue weighted by Crippen LogP contribution is 2.52. The zero-order valence-electron chi connectivity index (χ0n) is 11.1. The van der Waals surface area contributed by atoms with E-state index in [1.807, 2.05) is 29.2 Å². The van der Waals surface area contributed by atoms with Gasteiger partial charge in [0.1, 0.15) is 0 Å². The van der Waals surface area contributed by atoms with E-state index in [1.165, 1.54) is 0 Å². The van der Waals surface area contributed by atoms with Gasteiger partial charge in [-0.3, -0.25) is 4.79 Å². The van der Waals surface area contributed by atoms with Crippen LogP contribution in [-0.4, -0.2) is 16.6 Å². The number of aliphatic hydroxyl groups is 1. The molecule has 3 fully saturated rings. The van der Waals surface area contributed by atoms with Gasteiger partial charge in [0, 0.05) is 17.6 Å². The lowest BCUT2D eigenvalue weighted by atomic mass is 9.75. The van der Waals surface area contributed by atoms with Crippen molar-refractivity contribution in [2.45, 2.75) is 56.1 Å². The number of carbonyl (C=O) groups excluding carboxylic acids is 1. The highest BCUT2D eigenvalue weighted by atomic mass is 16.3. The van der Waals surface area contributed by atoms with Gasteiger partial charge in [0.25, 0.3) is 0 Å². The summed E-state index contributed by atoms with van der Waals surface area (Å²) in [5.74, 6) is 0.257. The lowest BCUT2D eigenvalue weighted by Gasteiger charge is -2.37. The van der Waals surface area contributed by atoms with E-state index in [0.29, 0.717) is 6.42 Å². The fraction of sp³-hybridized carbons (Fsp3) is 0.562. The molecule has 19 heavy (non-hydrogen) atoms. The van der Waals surface area contributed by atoms with E-state index in [-0.39, 0.29) is 11.4 Å². The van der Waals surface area contributed by atoms with E-state index in [9.17, 15) is 9.90 Å². The minimum absolute atomic E-state index is 0.145. The quantitative estimate of drug-likeness (QED) is 0.885. The lowest BCUT2D eigenvalue weighted by molar-refractivity contribution is -0.117. The minimum Gasteiger partial charge on any atom is -0.385 e. The van der Waals surface area contributed by atoms with E-state index < -0.39 is 5.60 Å². The Morgan fingerprint density at radius 3 is 2.21 bits per heavy atom. The van der Waals surface area contributed by atoms with E-state index in [1.54, 1.807) is 0 Å². The molecule has 100 valence electrons. The Bertz CT molecular complexity index is 526. The molecule has 1 amide bonds. The number of hydrogen-bond donors (Lipinski definition) is 1. The maximum atomic E-state index is 12.1. The van der Waals surface area contributed by atoms with Crippen molar-refractivity contribution in [1.29, 1.82) is 0 Å². The summed E-state index contributed by atoms with van der Waals surface area (Å²) in [7, 11) is 0. The molecule has 1 heterocycles. The van der Waals surface area contributed by atoms with Crippen molar-refractivity contribution in [3.8, 4) is 0 Å². The second kappa shape index (κ2) is 3.60. The maximum Gasteiger partial charge on any atom is 0.227 e. The van der Waals surface area contributed by atoms with Crippen molar-refractivity contribution in [2.24, 2.45) is 0 Å². The maximum absolute atomic E-state index is 12.1. The minimum atomic E-state index is -0.606. The first kappa shape index (κ1) is 11.5. The molecular weight excluding hydrogens is 238 g/mol. The predicted octanol–water partition coefficient (Wildman–Crippen LogP) is 2.72. The summed E-state index contributed by atoms with van der Waals surface area (Å²) < 4.78 is 0. The number of nitrogens with zero attached hydrogens (tertiary/aromatic N) is 1. The monoisotopic (exact) mass is 257 g/mol. The molecule has 4 rings (SSSR count). The Balaban J connectivity index is 1.64. The highest BCUT2D eigenvalue weighted by Gasteiger charge is 2.54. The molecule has 0 aromatic heterocycles. The van der Waals surface area contributed by atoms with Crippen molar-refractivity contribution in [3.05, 3.63) is 29.8 Å². The molecule has 2 aliphatic carbocycles. The third kappa shape index (κ3) is 1.57. The number of rotatable bonds is 2. The van der Waals surface area contributed by atoms with Crippen molar-refractivity contribution in [2.75, 3.05) is 4.90 Å². The third-order valence-electron chi connectivity index (χ3n) is 5.20. The van der Waals surface area contributed by atoms with E-state index >= 15 is 0 Å². The molecule has 0 bridgehead atoms. The Hall–Kier alpha value is -1.35. The summed E-state index contributed by atoms with van der Waals surface area (Å²) in [6.07, 6.45) is 6.81. The topological polar surface area (TPSA) is 40.5 Å². The first-order valence-electron chi connectivity index (χ1n) is 7.29. The van der Waals surface area contributed by atoms with Gasteiger partial charge in [-0.05, 0) is 56.2 Å². The first-order valence-corrected chi connectivity index (χ1v) is 7.29. The zero-order valence-corrected chi connectivity index (χ0v) is 11.1. The normalized spacial score (nSPS) is 26.6. The van der Waals surface area contributed by atoms with Gasteiger partial charge in [0.2, 0.25) is 5.91 Å². The zero-order chi connectivity index (χ0) is 13.1. The molecule has 2 saturated carbocycles. The molecule has 1 spiro atoms. The van der Waals surface area contributed by atoms with Crippen molar-refractivity contribution >= 4 is 11.6 Å². The second-order valence-corrected chi connectivity index (χ2v) is 6.39. The average molecular weight is 257 g/mol. The molecule has 0 atom stereocenters. The van der Waals surface area contributed by atoms with Crippen LogP contribution in [0.3, 0.4) is 0 Å². The van der Waals surface area contributed by atoms with Gasteiger partial charge < -0.3 is 10.0 Å². The average Bonchev–Trinajstić information content (AvgIpc) is 3.08. The number of amides is 1. The molecular formula is C16H19NO2. The van der Waals surface area contributed by atoms with Gasteiger partial charge in [-0.2, -0.15) is 0 Å². The van der Waals surface area contributed by atoms with E-state index in [4.69, 9.17) is 0 Å². The van der Waals surface area contributed by atoms with Crippen LogP contribution in [0.15, 0.2) is 24.3 Å². The van der Waals surface area contributed by atoms with Gasteiger partial charge in [0.05, 0.1) is 5.60 Å². The van der Waals surface area contributed by atoms with Gasteiger partial charge in [-0.15, -0.1) is 0 Å². The largest absolute Gasteiger partial charge is 0.385 e. The summed E-state index contributed by atoms with van der Waals surface area (Å²) >= 11 is 0. The molecule has 3 aliphatic rings. The molecule has 0 unspecified atom stereocenters. The van der Waals surface area contributed by atoms with Crippen LogP contribution in [0.2, 0.25) is 0 Å². The summed E-state index contributed by atoms with van der Waals surface area (Å²) in [5.41, 5.74) is 1.54. The van der Waals surface area contributed by atoms with Crippen molar-refractivity contribution in [3.63, 3.8) is 0 Å². The summed E-state index contributed by atoms with van der Waals surface area (Å²) in [4.78, 5) is 14.1. The van der Waals surface area contributed by atoms with Crippen LogP contribution < -0.4 is 4.90 Å². The molecule has 1 aliphatic heterocycles. The highest BCUT2D eigenvalue weighted by molar-refractivity contribution is 5.98. The number of hydrogen-bond acceptors (Lipinski definition) is 2. The molecule has 3 nitrogen and oxygen atoms in total. The van der Waals surface area contributed by atoms with Crippen LogP contribution >= 0.6 is 0 Å². The van der Waals surface area contributed by atoms with Gasteiger partial charge >= 0.3 is 0 Å². The van der Waals surface area contributed by atoms with Crippen molar-refractivity contribution in [1.82, 2.24) is 0 Å². The Kier molecular flexibility index (Phi) is 2.17. The molecule has 0 radical (unpaired) electrons. The van der Waals surface area contributed by atoms with Crippen LogP contribution in [0.25, 0.3) is 0 Å². The molecule has 1 aromatic carbocycles. The molecule has 1 N–H and O–H groups in total. The van der Waals surface area contributed by atoms with Crippen LogP contribution in [0.5, 0.6) is 0 Å². The first-order chi connectivity index (χ1) is 9.13. The molecule has 1 saturated heterocycles. The lowest BCUT2D eigenvalue weighted by Crippen LogP contribution is -2.35. The van der Waals surface area contributed by atoms with Gasteiger partial charge in [0.15, 0.2) is 0 Å². The fourth-order valence-corrected chi connectivity index (χ4v) is 3.58. The van der Waals surface area contributed by atoms with Crippen LogP contribution in [0, 0.1) is 0 Å². The Morgan fingerprint density at radius 2 is 1.68 bits per heavy atom. The predicted molar refractivity (Wildman–Crippen MR) is 72.9 cm³/mol. The van der Waals surface area contributed by atoms with E-state index in [2.05, 4.69) is 0 Å².